The predicted octanol–water partition coefficient (Wildman–Crippen LogP) is 1.36. The predicted molar refractivity (Wildman–Crippen MR) is 80.6 cm³/mol. The van der Waals surface area contributed by atoms with E-state index in [0.717, 1.165) is 4.90 Å². The molecule has 6 nitrogen and oxygen atoms in total. The molecule has 22 heavy (non-hydrogen) atoms. The van der Waals surface area contributed by atoms with Crippen LogP contribution in [-0.4, -0.2) is 24.4 Å². The van der Waals surface area contributed by atoms with E-state index in [1.54, 1.807) is 37.3 Å². The summed E-state index contributed by atoms with van der Waals surface area (Å²) in [6.07, 6.45) is -0.0869. The van der Waals surface area contributed by atoms with Gasteiger partial charge in [0.15, 0.2) is 0 Å². The highest BCUT2D eigenvalue weighted by atomic mass is 16.5. The van der Waals surface area contributed by atoms with Crippen LogP contribution in [-0.2, 0) is 19.1 Å². The van der Waals surface area contributed by atoms with Gasteiger partial charge in [0.1, 0.15) is 0 Å². The standard InChI is InChI=1S/C16H18N2O4/c1-3-22-16(21)14(10(2)17)12-9-13(19)18(15(12)20)11-7-5-4-6-8-11/h4-8,12H,3,9,17H2,1-2H3/b14-10-. The molecule has 2 amide bonds. The van der Waals surface area contributed by atoms with Gasteiger partial charge in [0.2, 0.25) is 11.8 Å². The lowest BCUT2D eigenvalue weighted by Crippen LogP contribution is -2.32. The Morgan fingerprint density at radius 1 is 1.32 bits per heavy atom. The SMILES string of the molecule is CCOC(=O)/C(=C(/C)N)C1CC(=O)N(c2ccccc2)C1=O. The number of hydrogen-bond donors (Lipinski definition) is 1. The van der Waals surface area contributed by atoms with Crippen molar-refractivity contribution in [3.05, 3.63) is 41.6 Å². The van der Waals surface area contributed by atoms with Gasteiger partial charge in [-0.2, -0.15) is 0 Å². The first-order chi connectivity index (χ1) is 10.5. The summed E-state index contributed by atoms with van der Waals surface area (Å²) in [5, 5.41) is 0. The van der Waals surface area contributed by atoms with Crippen molar-refractivity contribution < 1.29 is 19.1 Å². The van der Waals surface area contributed by atoms with Gasteiger partial charge in [-0.1, -0.05) is 18.2 Å². The molecule has 1 aromatic rings. The van der Waals surface area contributed by atoms with Crippen LogP contribution < -0.4 is 10.6 Å². The maximum absolute atomic E-state index is 12.6. The molecule has 1 aromatic carbocycles. The zero-order valence-electron chi connectivity index (χ0n) is 12.5. The zero-order chi connectivity index (χ0) is 16.3. The summed E-state index contributed by atoms with van der Waals surface area (Å²) >= 11 is 0. The molecule has 116 valence electrons. The fourth-order valence-corrected chi connectivity index (χ4v) is 2.49. The van der Waals surface area contributed by atoms with Gasteiger partial charge in [-0.3, -0.25) is 14.5 Å². The summed E-state index contributed by atoms with van der Waals surface area (Å²) in [4.78, 5) is 37.9. The number of ether oxygens (including phenoxy) is 1. The maximum Gasteiger partial charge on any atom is 0.336 e. The second-order valence-corrected chi connectivity index (χ2v) is 4.98. The van der Waals surface area contributed by atoms with Gasteiger partial charge < -0.3 is 10.5 Å². The van der Waals surface area contributed by atoms with E-state index in [2.05, 4.69) is 0 Å². The Hall–Kier alpha value is -2.63. The molecule has 1 fully saturated rings. The molecule has 1 saturated heterocycles. The average Bonchev–Trinajstić information content (AvgIpc) is 2.75. The van der Waals surface area contributed by atoms with Crippen LogP contribution in [0.3, 0.4) is 0 Å². The van der Waals surface area contributed by atoms with Gasteiger partial charge in [-0.15, -0.1) is 0 Å². The summed E-state index contributed by atoms with van der Waals surface area (Å²) < 4.78 is 4.94. The Kier molecular flexibility index (Phi) is 4.60. The highest BCUT2D eigenvalue weighted by Gasteiger charge is 2.44. The Morgan fingerprint density at radius 2 is 1.95 bits per heavy atom. The summed E-state index contributed by atoms with van der Waals surface area (Å²) in [5.41, 5.74) is 6.48. The Morgan fingerprint density at radius 3 is 2.50 bits per heavy atom. The van der Waals surface area contributed by atoms with Crippen LogP contribution in [0.25, 0.3) is 0 Å². The maximum atomic E-state index is 12.6. The minimum Gasteiger partial charge on any atom is -0.463 e. The largest absolute Gasteiger partial charge is 0.463 e. The minimum atomic E-state index is -0.892. The van der Waals surface area contributed by atoms with Crippen molar-refractivity contribution in [2.24, 2.45) is 11.7 Å². The summed E-state index contributed by atoms with van der Waals surface area (Å²) in [6.45, 7) is 3.36. The van der Waals surface area contributed by atoms with Crippen molar-refractivity contribution in [1.29, 1.82) is 0 Å². The van der Waals surface area contributed by atoms with Crippen LogP contribution in [0.4, 0.5) is 5.69 Å². The van der Waals surface area contributed by atoms with Crippen molar-refractivity contribution in [2.75, 3.05) is 11.5 Å². The normalized spacial score (nSPS) is 19.2. The molecule has 1 aliphatic rings. The van der Waals surface area contributed by atoms with E-state index < -0.39 is 17.8 Å². The molecular weight excluding hydrogens is 284 g/mol. The number of amides is 2. The van der Waals surface area contributed by atoms with Gasteiger partial charge >= 0.3 is 5.97 Å². The first-order valence-corrected chi connectivity index (χ1v) is 7.02. The fraction of sp³-hybridized carbons (Fsp3) is 0.312. The van der Waals surface area contributed by atoms with Crippen molar-refractivity contribution >= 4 is 23.5 Å². The Balaban J connectivity index is 2.35. The molecule has 1 atom stereocenters. The highest BCUT2D eigenvalue weighted by molar-refractivity contribution is 6.23. The second-order valence-electron chi connectivity index (χ2n) is 4.98. The number of rotatable bonds is 4. The molecule has 0 aliphatic carbocycles. The molecule has 2 N–H and O–H groups in total. The number of esters is 1. The third-order valence-electron chi connectivity index (χ3n) is 3.43. The number of carbonyl (C=O) groups excluding carboxylic acids is 3. The van der Waals surface area contributed by atoms with Crippen LogP contribution in [0.15, 0.2) is 41.6 Å². The molecule has 6 heteroatoms. The number of nitrogens with zero attached hydrogens (tertiary/aromatic N) is 1. The molecule has 1 heterocycles. The number of anilines is 1. The number of imide groups is 1. The molecule has 0 bridgehead atoms. The topological polar surface area (TPSA) is 89.7 Å². The van der Waals surface area contributed by atoms with E-state index in [-0.39, 0.29) is 30.2 Å². The van der Waals surface area contributed by atoms with Crippen molar-refractivity contribution in [2.45, 2.75) is 20.3 Å². The third-order valence-corrected chi connectivity index (χ3v) is 3.43. The molecule has 1 unspecified atom stereocenters. The van der Waals surface area contributed by atoms with Crippen molar-refractivity contribution in [1.82, 2.24) is 0 Å². The Labute approximate surface area is 128 Å². The van der Waals surface area contributed by atoms with Gasteiger partial charge in [-0.05, 0) is 26.0 Å². The number of allylic oxidation sites excluding steroid dienone is 1. The molecule has 0 radical (unpaired) electrons. The smallest absolute Gasteiger partial charge is 0.336 e. The summed E-state index contributed by atoms with van der Waals surface area (Å²) in [6, 6.07) is 8.60. The van der Waals surface area contributed by atoms with E-state index in [1.807, 2.05) is 0 Å². The quantitative estimate of drug-likeness (QED) is 0.515. The Bertz CT molecular complexity index is 633. The zero-order valence-corrected chi connectivity index (χ0v) is 12.5. The molecule has 2 rings (SSSR count). The summed E-state index contributed by atoms with van der Waals surface area (Å²) in [5.74, 6) is -2.35. The lowest BCUT2D eigenvalue weighted by Gasteiger charge is -2.16. The first-order valence-electron chi connectivity index (χ1n) is 7.02. The molecular formula is C16H18N2O4. The first kappa shape index (κ1) is 15.8. The lowest BCUT2D eigenvalue weighted by molar-refractivity contribution is -0.140. The van der Waals surface area contributed by atoms with Gasteiger partial charge in [0, 0.05) is 12.1 Å². The lowest BCUT2D eigenvalue weighted by atomic mass is 9.95. The molecule has 1 aliphatic heterocycles. The van der Waals surface area contributed by atoms with E-state index >= 15 is 0 Å². The van der Waals surface area contributed by atoms with Crippen LogP contribution in [0.2, 0.25) is 0 Å². The second kappa shape index (κ2) is 6.43. The van der Waals surface area contributed by atoms with Crippen LogP contribution in [0.5, 0.6) is 0 Å². The van der Waals surface area contributed by atoms with Crippen LogP contribution >= 0.6 is 0 Å². The van der Waals surface area contributed by atoms with Gasteiger partial charge in [0.25, 0.3) is 0 Å². The van der Waals surface area contributed by atoms with E-state index in [0.29, 0.717) is 5.69 Å². The molecule has 0 saturated carbocycles. The van der Waals surface area contributed by atoms with Crippen molar-refractivity contribution in [3.8, 4) is 0 Å². The minimum absolute atomic E-state index is 0.0682. The van der Waals surface area contributed by atoms with E-state index in [1.165, 1.54) is 6.92 Å². The van der Waals surface area contributed by atoms with Gasteiger partial charge in [-0.25, -0.2) is 4.79 Å². The third kappa shape index (κ3) is 2.86. The van der Waals surface area contributed by atoms with Gasteiger partial charge in [0.05, 0.1) is 23.8 Å². The van der Waals surface area contributed by atoms with E-state index in [4.69, 9.17) is 10.5 Å². The van der Waals surface area contributed by atoms with E-state index in [9.17, 15) is 14.4 Å². The molecule has 0 spiro atoms. The van der Waals surface area contributed by atoms with Crippen molar-refractivity contribution in [3.63, 3.8) is 0 Å². The number of benzene rings is 1. The fourth-order valence-electron chi connectivity index (χ4n) is 2.49. The molecule has 0 aromatic heterocycles. The number of nitrogens with two attached hydrogens (primary N) is 1. The number of para-hydroxylation sites is 1. The van der Waals surface area contributed by atoms with Crippen LogP contribution in [0.1, 0.15) is 20.3 Å². The number of carbonyl (C=O) groups is 3. The summed E-state index contributed by atoms with van der Waals surface area (Å²) in [7, 11) is 0. The monoisotopic (exact) mass is 302 g/mol. The average molecular weight is 302 g/mol. The highest BCUT2D eigenvalue weighted by Crippen LogP contribution is 2.32. The number of hydrogen-bond acceptors (Lipinski definition) is 5. The van der Waals surface area contributed by atoms with Crippen LogP contribution in [0, 0.1) is 5.92 Å².